The smallest absolute Gasteiger partial charge is 0.341 e. The van der Waals surface area contributed by atoms with Crippen LogP contribution >= 0.6 is 0 Å². The highest BCUT2D eigenvalue weighted by atomic mass is 16.5. The number of hydrogen-bond donors (Lipinski definition) is 2. The van der Waals surface area contributed by atoms with Crippen LogP contribution in [0.4, 0.5) is 5.69 Å². The van der Waals surface area contributed by atoms with Crippen LogP contribution in [-0.2, 0) is 11.2 Å². The van der Waals surface area contributed by atoms with E-state index in [9.17, 15) is 9.90 Å². The summed E-state index contributed by atoms with van der Waals surface area (Å²) < 4.78 is 4.98. The summed E-state index contributed by atoms with van der Waals surface area (Å²) in [5.41, 5.74) is 2.98. The zero-order valence-corrected chi connectivity index (χ0v) is 14.5. The number of fused-ring (bicyclic) bond motifs is 1. The molecule has 0 aromatic carbocycles. The van der Waals surface area contributed by atoms with Gasteiger partial charge in [0.05, 0.1) is 24.1 Å². The Hall–Kier alpha value is -1.88. The number of aliphatic hydroxyl groups is 1. The van der Waals surface area contributed by atoms with Gasteiger partial charge in [-0.05, 0) is 49.9 Å². The highest BCUT2D eigenvalue weighted by Gasteiger charge is 2.54. The lowest BCUT2D eigenvalue weighted by Crippen LogP contribution is -2.59. The van der Waals surface area contributed by atoms with E-state index in [2.05, 4.69) is 22.5 Å². The highest BCUT2D eigenvalue weighted by Crippen LogP contribution is 2.56. The van der Waals surface area contributed by atoms with Gasteiger partial charge in [-0.15, -0.1) is 0 Å². The van der Waals surface area contributed by atoms with Gasteiger partial charge in [-0.25, -0.2) is 4.79 Å². The van der Waals surface area contributed by atoms with Crippen molar-refractivity contribution in [2.45, 2.75) is 50.2 Å². The number of ether oxygens (including phenoxy) is 1. The third-order valence-electron chi connectivity index (χ3n) is 6.75. The summed E-state index contributed by atoms with van der Waals surface area (Å²) in [5, 5.41) is 14.5. The summed E-state index contributed by atoms with van der Waals surface area (Å²) in [6.07, 6.45) is 11.7. The topological polar surface area (TPSA) is 71.5 Å². The molecule has 1 aromatic heterocycles. The molecule has 132 valence electrons. The van der Waals surface area contributed by atoms with E-state index < -0.39 is 5.60 Å². The van der Waals surface area contributed by atoms with Crippen molar-refractivity contribution in [1.82, 2.24) is 4.98 Å². The number of esters is 1. The molecule has 5 atom stereocenters. The van der Waals surface area contributed by atoms with Crippen molar-refractivity contribution in [3.05, 3.63) is 29.1 Å². The number of rotatable bonds is 3. The zero-order chi connectivity index (χ0) is 17.2. The molecular formula is C20H24N2O3. The van der Waals surface area contributed by atoms with Gasteiger partial charge in [0.1, 0.15) is 5.56 Å². The maximum atomic E-state index is 12.3. The molecule has 6 rings (SSSR count). The first-order valence-corrected chi connectivity index (χ1v) is 9.32. The highest BCUT2D eigenvalue weighted by molar-refractivity contribution is 5.98. The molecule has 3 unspecified atom stereocenters. The van der Waals surface area contributed by atoms with Gasteiger partial charge < -0.3 is 15.2 Å². The Morgan fingerprint density at radius 1 is 1.32 bits per heavy atom. The van der Waals surface area contributed by atoms with Crippen LogP contribution in [0.2, 0.25) is 0 Å². The lowest BCUT2D eigenvalue weighted by molar-refractivity contribution is -0.129. The van der Waals surface area contributed by atoms with Crippen LogP contribution in [0.25, 0.3) is 6.08 Å². The second kappa shape index (κ2) is 5.31. The van der Waals surface area contributed by atoms with Crippen molar-refractivity contribution in [1.29, 1.82) is 0 Å². The fourth-order valence-corrected chi connectivity index (χ4v) is 6.00. The van der Waals surface area contributed by atoms with Crippen LogP contribution in [0, 0.1) is 17.8 Å². The lowest BCUT2D eigenvalue weighted by atomic mass is 9.52. The maximum Gasteiger partial charge on any atom is 0.341 e. The standard InChI is InChI=1S/C20H24N2O3/c1-25-19(23)15-10-21-16-4-2-3-14(16)18(15)22-17-12-5-11-6-13(17)9-20(24,7-11)8-12/h2-3,10-13,17,24H,4-9H2,1H3,(H,21,22)/t11?,12-,13+,17?,20?. The molecule has 2 N–H and O–H groups in total. The molecule has 5 aliphatic rings. The van der Waals surface area contributed by atoms with Gasteiger partial charge in [0, 0.05) is 24.2 Å². The van der Waals surface area contributed by atoms with E-state index in [-0.39, 0.29) is 5.97 Å². The fraction of sp³-hybridized carbons (Fsp3) is 0.600. The van der Waals surface area contributed by atoms with E-state index >= 15 is 0 Å². The Kier molecular flexibility index (Phi) is 3.26. The first-order valence-electron chi connectivity index (χ1n) is 9.32. The summed E-state index contributed by atoms with van der Waals surface area (Å²) in [5.74, 6) is 1.29. The van der Waals surface area contributed by atoms with Crippen molar-refractivity contribution >= 4 is 17.7 Å². The first kappa shape index (κ1) is 15.4. The van der Waals surface area contributed by atoms with Crippen LogP contribution in [0.5, 0.6) is 0 Å². The van der Waals surface area contributed by atoms with Crippen LogP contribution in [0.3, 0.4) is 0 Å². The predicted octanol–water partition coefficient (Wildman–Crippen LogP) is 2.79. The predicted molar refractivity (Wildman–Crippen MR) is 94.2 cm³/mol. The van der Waals surface area contributed by atoms with Gasteiger partial charge >= 0.3 is 5.97 Å². The molecule has 4 saturated carbocycles. The van der Waals surface area contributed by atoms with E-state index in [1.54, 1.807) is 6.20 Å². The van der Waals surface area contributed by atoms with E-state index in [1.807, 2.05) is 0 Å². The van der Waals surface area contributed by atoms with E-state index in [4.69, 9.17) is 4.74 Å². The monoisotopic (exact) mass is 340 g/mol. The van der Waals surface area contributed by atoms with Crippen molar-refractivity contribution in [2.75, 3.05) is 12.4 Å². The molecule has 25 heavy (non-hydrogen) atoms. The molecule has 0 saturated heterocycles. The first-order chi connectivity index (χ1) is 12.1. The molecule has 0 spiro atoms. The summed E-state index contributed by atoms with van der Waals surface area (Å²) in [6.45, 7) is 0. The number of methoxy groups -OCH3 is 1. The van der Waals surface area contributed by atoms with Crippen LogP contribution < -0.4 is 5.32 Å². The molecule has 5 nitrogen and oxygen atoms in total. The quantitative estimate of drug-likeness (QED) is 0.828. The van der Waals surface area contributed by atoms with E-state index in [0.717, 1.165) is 42.6 Å². The van der Waals surface area contributed by atoms with E-state index in [1.165, 1.54) is 20.0 Å². The summed E-state index contributed by atoms with van der Waals surface area (Å²) in [7, 11) is 1.41. The number of allylic oxidation sites excluding steroid dienone is 1. The second-order valence-electron chi connectivity index (χ2n) is 8.37. The maximum absolute atomic E-state index is 12.3. The van der Waals surface area contributed by atoms with Gasteiger partial charge in [-0.3, -0.25) is 4.98 Å². The van der Waals surface area contributed by atoms with Gasteiger partial charge in [-0.2, -0.15) is 0 Å². The van der Waals surface area contributed by atoms with Gasteiger partial charge in [0.25, 0.3) is 0 Å². The molecular weight excluding hydrogens is 316 g/mol. The fourth-order valence-electron chi connectivity index (χ4n) is 6.00. The van der Waals surface area contributed by atoms with Crippen LogP contribution in [0.1, 0.15) is 53.7 Å². The number of anilines is 1. The van der Waals surface area contributed by atoms with Crippen LogP contribution in [-0.4, -0.2) is 34.8 Å². The third kappa shape index (κ3) is 2.32. The lowest BCUT2D eigenvalue weighted by Gasteiger charge is -2.58. The average Bonchev–Trinajstić information content (AvgIpc) is 3.04. The van der Waals surface area contributed by atoms with Gasteiger partial charge in [-0.1, -0.05) is 12.2 Å². The number of hydrogen-bond acceptors (Lipinski definition) is 5. The van der Waals surface area contributed by atoms with Gasteiger partial charge in [0.15, 0.2) is 0 Å². The molecule has 0 amide bonds. The minimum absolute atomic E-state index is 0.320. The number of nitrogens with zero attached hydrogens (tertiary/aromatic N) is 1. The summed E-state index contributed by atoms with van der Waals surface area (Å²) >= 11 is 0. The largest absolute Gasteiger partial charge is 0.465 e. The molecule has 0 radical (unpaired) electrons. The Bertz CT molecular complexity index is 756. The Labute approximate surface area is 147 Å². The molecule has 0 aliphatic heterocycles. The Balaban J connectivity index is 1.51. The Morgan fingerprint density at radius 3 is 2.76 bits per heavy atom. The third-order valence-corrected chi connectivity index (χ3v) is 6.75. The van der Waals surface area contributed by atoms with Crippen molar-refractivity contribution in [3.63, 3.8) is 0 Å². The summed E-state index contributed by atoms with van der Waals surface area (Å²) in [4.78, 5) is 16.7. The minimum Gasteiger partial charge on any atom is -0.465 e. The van der Waals surface area contributed by atoms with Crippen molar-refractivity contribution < 1.29 is 14.6 Å². The van der Waals surface area contributed by atoms with Crippen LogP contribution in [0.15, 0.2) is 12.3 Å². The molecule has 1 aromatic rings. The normalized spacial score (nSPS) is 37.2. The van der Waals surface area contributed by atoms with Crippen molar-refractivity contribution in [3.8, 4) is 0 Å². The summed E-state index contributed by atoms with van der Waals surface area (Å²) in [6, 6.07) is 0.320. The number of carbonyl (C=O) groups excluding carboxylic acids is 1. The number of aromatic nitrogens is 1. The number of nitrogens with one attached hydrogen (secondary N) is 1. The number of carbonyl (C=O) groups is 1. The molecule has 5 aliphatic carbocycles. The SMILES string of the molecule is COC(=O)c1cnc2c(c1NC1[C@@H]3CC4C[C@H]1CC(O)(C4)C3)C=CC2. The molecule has 4 fully saturated rings. The second-order valence-corrected chi connectivity index (χ2v) is 8.37. The molecule has 5 heteroatoms. The minimum atomic E-state index is -0.444. The zero-order valence-electron chi connectivity index (χ0n) is 14.5. The number of pyridine rings is 1. The Morgan fingerprint density at radius 2 is 2.08 bits per heavy atom. The van der Waals surface area contributed by atoms with Gasteiger partial charge in [0.2, 0.25) is 0 Å². The van der Waals surface area contributed by atoms with Crippen molar-refractivity contribution in [2.24, 2.45) is 17.8 Å². The molecule has 4 bridgehead atoms. The average molecular weight is 340 g/mol. The molecule has 1 heterocycles. The van der Waals surface area contributed by atoms with E-state index in [0.29, 0.717) is 29.4 Å².